The normalized spacial score (nSPS) is 12.9. The first-order chi connectivity index (χ1) is 10.1. The van der Waals surface area contributed by atoms with Crippen molar-refractivity contribution in [3.8, 4) is 0 Å². The van der Waals surface area contributed by atoms with Crippen LogP contribution in [0.5, 0.6) is 0 Å². The Morgan fingerprint density at radius 1 is 0.905 bits per heavy atom. The Morgan fingerprint density at radius 2 is 1.52 bits per heavy atom. The van der Waals surface area contributed by atoms with Crippen molar-refractivity contribution in [3.63, 3.8) is 0 Å². The summed E-state index contributed by atoms with van der Waals surface area (Å²) in [6.45, 7) is 6.93. The standard InChI is InChI=1S/C17H26F3N/c1-4-7-12(8-5-2)17(21-11-6-3)13-9-10-14(18)16(20)15(13)19/h9-10,12,17,21H,4-8,11H2,1-3H3. The zero-order chi connectivity index (χ0) is 15.8. The highest BCUT2D eigenvalue weighted by molar-refractivity contribution is 5.24. The second-order valence-corrected chi connectivity index (χ2v) is 5.53. The average Bonchev–Trinajstić information content (AvgIpc) is 2.47. The molecule has 0 heterocycles. The molecule has 0 aliphatic heterocycles. The molecule has 0 saturated heterocycles. The van der Waals surface area contributed by atoms with Gasteiger partial charge in [-0.25, -0.2) is 13.2 Å². The van der Waals surface area contributed by atoms with Crippen molar-refractivity contribution in [3.05, 3.63) is 35.1 Å². The van der Waals surface area contributed by atoms with E-state index < -0.39 is 17.5 Å². The SMILES string of the molecule is CCCNC(c1ccc(F)c(F)c1F)C(CCC)CCC. The first-order valence-corrected chi connectivity index (χ1v) is 7.93. The van der Waals surface area contributed by atoms with E-state index in [9.17, 15) is 13.2 Å². The predicted octanol–water partition coefficient (Wildman–Crippen LogP) is 5.36. The highest BCUT2D eigenvalue weighted by Gasteiger charge is 2.26. The van der Waals surface area contributed by atoms with E-state index in [1.165, 1.54) is 6.07 Å². The average molecular weight is 301 g/mol. The summed E-state index contributed by atoms with van der Waals surface area (Å²) < 4.78 is 40.8. The van der Waals surface area contributed by atoms with Crippen LogP contribution in [0.2, 0.25) is 0 Å². The van der Waals surface area contributed by atoms with E-state index in [0.29, 0.717) is 0 Å². The molecule has 0 aromatic heterocycles. The van der Waals surface area contributed by atoms with Gasteiger partial charge < -0.3 is 5.32 Å². The van der Waals surface area contributed by atoms with Crippen LogP contribution in [-0.4, -0.2) is 6.54 Å². The molecule has 1 aromatic rings. The molecular weight excluding hydrogens is 275 g/mol. The van der Waals surface area contributed by atoms with Gasteiger partial charge in [0.1, 0.15) is 0 Å². The van der Waals surface area contributed by atoms with Gasteiger partial charge in [-0.1, -0.05) is 39.7 Å². The number of halogens is 3. The van der Waals surface area contributed by atoms with Crippen LogP contribution in [-0.2, 0) is 0 Å². The number of rotatable bonds is 9. The highest BCUT2D eigenvalue weighted by atomic mass is 19.2. The lowest BCUT2D eigenvalue weighted by molar-refractivity contribution is 0.304. The topological polar surface area (TPSA) is 12.0 Å². The predicted molar refractivity (Wildman–Crippen MR) is 80.7 cm³/mol. The lowest BCUT2D eigenvalue weighted by Gasteiger charge is -2.29. The summed E-state index contributed by atoms with van der Waals surface area (Å²) in [4.78, 5) is 0. The molecule has 0 aliphatic carbocycles. The molecule has 1 atom stereocenters. The molecule has 1 unspecified atom stereocenters. The van der Waals surface area contributed by atoms with Crippen LogP contribution in [0.3, 0.4) is 0 Å². The van der Waals surface area contributed by atoms with E-state index in [1.54, 1.807) is 0 Å². The van der Waals surface area contributed by atoms with E-state index >= 15 is 0 Å². The summed E-state index contributed by atoms with van der Waals surface area (Å²) in [5, 5.41) is 3.31. The van der Waals surface area contributed by atoms with Crippen molar-refractivity contribution in [1.29, 1.82) is 0 Å². The fourth-order valence-electron chi connectivity index (χ4n) is 2.83. The molecule has 1 N–H and O–H groups in total. The fraction of sp³-hybridized carbons (Fsp3) is 0.647. The van der Waals surface area contributed by atoms with Gasteiger partial charge in [-0.15, -0.1) is 0 Å². The maximum Gasteiger partial charge on any atom is 0.194 e. The maximum atomic E-state index is 14.1. The molecule has 0 saturated carbocycles. The van der Waals surface area contributed by atoms with Crippen molar-refractivity contribution < 1.29 is 13.2 Å². The molecule has 1 aromatic carbocycles. The summed E-state index contributed by atoms with van der Waals surface area (Å²) >= 11 is 0. The largest absolute Gasteiger partial charge is 0.310 e. The highest BCUT2D eigenvalue weighted by Crippen LogP contribution is 2.32. The first-order valence-electron chi connectivity index (χ1n) is 7.93. The zero-order valence-electron chi connectivity index (χ0n) is 13.2. The Labute approximate surface area is 125 Å². The van der Waals surface area contributed by atoms with E-state index in [0.717, 1.165) is 44.7 Å². The van der Waals surface area contributed by atoms with Gasteiger partial charge >= 0.3 is 0 Å². The molecule has 0 spiro atoms. The van der Waals surface area contributed by atoms with Gasteiger partial charge in [0, 0.05) is 11.6 Å². The third-order valence-electron chi connectivity index (χ3n) is 3.80. The number of benzene rings is 1. The lowest BCUT2D eigenvalue weighted by Crippen LogP contribution is -2.30. The Hall–Kier alpha value is -1.03. The minimum absolute atomic E-state index is 0.228. The molecule has 0 fully saturated rings. The molecule has 0 aliphatic rings. The molecule has 0 bridgehead atoms. The van der Waals surface area contributed by atoms with Crippen LogP contribution < -0.4 is 5.32 Å². The van der Waals surface area contributed by atoms with Crippen molar-refractivity contribution in [2.45, 2.75) is 58.9 Å². The van der Waals surface area contributed by atoms with Gasteiger partial charge in [-0.2, -0.15) is 0 Å². The number of nitrogens with one attached hydrogen (secondary N) is 1. The van der Waals surface area contributed by atoms with E-state index in [-0.39, 0.29) is 17.5 Å². The third-order valence-corrected chi connectivity index (χ3v) is 3.80. The summed E-state index contributed by atoms with van der Waals surface area (Å²) in [5.41, 5.74) is 0.245. The smallest absolute Gasteiger partial charge is 0.194 e. The Morgan fingerprint density at radius 3 is 2.05 bits per heavy atom. The van der Waals surface area contributed by atoms with Gasteiger partial charge in [0.05, 0.1) is 0 Å². The van der Waals surface area contributed by atoms with Gasteiger partial charge in [0.15, 0.2) is 17.5 Å². The summed E-state index contributed by atoms with van der Waals surface area (Å²) in [6.07, 6.45) is 4.76. The monoisotopic (exact) mass is 301 g/mol. The second-order valence-electron chi connectivity index (χ2n) is 5.53. The molecule has 120 valence electrons. The molecule has 0 amide bonds. The first kappa shape index (κ1) is 18.0. The van der Waals surface area contributed by atoms with E-state index in [2.05, 4.69) is 19.2 Å². The van der Waals surface area contributed by atoms with Crippen LogP contribution in [0.4, 0.5) is 13.2 Å². The van der Waals surface area contributed by atoms with Crippen molar-refractivity contribution in [2.75, 3.05) is 6.54 Å². The molecule has 1 nitrogen and oxygen atoms in total. The van der Waals surface area contributed by atoms with Crippen LogP contribution in [0.25, 0.3) is 0 Å². The molecule has 1 rings (SSSR count). The zero-order valence-corrected chi connectivity index (χ0v) is 13.2. The van der Waals surface area contributed by atoms with E-state index in [4.69, 9.17) is 0 Å². The molecular formula is C17H26F3N. The van der Waals surface area contributed by atoms with E-state index in [1.807, 2.05) is 6.92 Å². The minimum Gasteiger partial charge on any atom is -0.310 e. The van der Waals surface area contributed by atoms with Gasteiger partial charge in [0.25, 0.3) is 0 Å². The Balaban J connectivity index is 3.13. The molecule has 21 heavy (non-hydrogen) atoms. The summed E-state index contributed by atoms with van der Waals surface area (Å²) in [5.74, 6) is -3.33. The maximum absolute atomic E-state index is 14.1. The summed E-state index contributed by atoms with van der Waals surface area (Å²) in [7, 11) is 0. The number of hydrogen-bond donors (Lipinski definition) is 1. The Kier molecular flexibility index (Phi) is 7.79. The van der Waals surface area contributed by atoms with Crippen molar-refractivity contribution in [1.82, 2.24) is 5.32 Å². The van der Waals surface area contributed by atoms with Crippen LogP contribution in [0.15, 0.2) is 12.1 Å². The molecule has 0 radical (unpaired) electrons. The minimum atomic E-state index is -1.37. The lowest BCUT2D eigenvalue weighted by atomic mass is 9.85. The Bertz CT molecular complexity index is 428. The van der Waals surface area contributed by atoms with Crippen LogP contribution in [0, 0.1) is 23.4 Å². The number of hydrogen-bond acceptors (Lipinski definition) is 1. The van der Waals surface area contributed by atoms with Crippen LogP contribution in [0.1, 0.15) is 64.5 Å². The van der Waals surface area contributed by atoms with Gasteiger partial charge in [-0.05, 0) is 37.8 Å². The van der Waals surface area contributed by atoms with Crippen molar-refractivity contribution in [2.24, 2.45) is 5.92 Å². The van der Waals surface area contributed by atoms with Gasteiger partial charge in [-0.3, -0.25) is 0 Å². The molecule has 4 heteroatoms. The second kappa shape index (κ2) is 9.08. The summed E-state index contributed by atoms with van der Waals surface area (Å²) in [6, 6.07) is 2.13. The van der Waals surface area contributed by atoms with Crippen LogP contribution >= 0.6 is 0 Å². The fourth-order valence-corrected chi connectivity index (χ4v) is 2.83. The van der Waals surface area contributed by atoms with Crippen molar-refractivity contribution >= 4 is 0 Å². The quantitative estimate of drug-likeness (QED) is 0.605. The third kappa shape index (κ3) is 4.73. The van der Waals surface area contributed by atoms with Gasteiger partial charge in [0.2, 0.25) is 0 Å².